The van der Waals surface area contributed by atoms with Gasteiger partial charge in [-0.15, -0.1) is 0 Å². The summed E-state index contributed by atoms with van der Waals surface area (Å²) in [6.45, 7) is 0. The van der Waals surface area contributed by atoms with Crippen molar-refractivity contribution in [2.75, 3.05) is 0 Å². The first-order valence-electron chi connectivity index (χ1n) is 6.30. The van der Waals surface area contributed by atoms with E-state index < -0.39 is 0 Å². The van der Waals surface area contributed by atoms with Gasteiger partial charge < -0.3 is 4.98 Å². The van der Waals surface area contributed by atoms with Crippen molar-refractivity contribution in [2.24, 2.45) is 0 Å². The fourth-order valence-corrected chi connectivity index (χ4v) is 2.29. The molecule has 5 nitrogen and oxygen atoms in total. The van der Waals surface area contributed by atoms with Crippen molar-refractivity contribution in [1.29, 1.82) is 0 Å². The van der Waals surface area contributed by atoms with E-state index in [2.05, 4.69) is 49.6 Å². The third kappa shape index (κ3) is 1.76. The summed E-state index contributed by atoms with van der Waals surface area (Å²) >= 11 is 0. The summed E-state index contributed by atoms with van der Waals surface area (Å²) in [7, 11) is 0. The van der Waals surface area contributed by atoms with Crippen LogP contribution in [0, 0.1) is 0 Å². The molecule has 0 amide bonds. The minimum Gasteiger partial charge on any atom is -0.345 e. The van der Waals surface area contributed by atoms with Crippen LogP contribution in [-0.2, 0) is 0 Å². The maximum Gasteiger partial charge on any atom is 0.112 e. The van der Waals surface area contributed by atoms with Gasteiger partial charge in [-0.2, -0.15) is 15.4 Å². The average Bonchev–Trinajstić information content (AvgIpc) is 3.18. The molecule has 0 bridgehead atoms. The van der Waals surface area contributed by atoms with Gasteiger partial charge in [-0.05, 0) is 23.3 Å². The van der Waals surface area contributed by atoms with Crippen molar-refractivity contribution < 1.29 is 0 Å². The summed E-state index contributed by atoms with van der Waals surface area (Å²) in [5.41, 5.74) is 6.24. The van der Waals surface area contributed by atoms with E-state index in [1.54, 1.807) is 12.5 Å². The van der Waals surface area contributed by atoms with Crippen molar-refractivity contribution in [3.63, 3.8) is 0 Å². The zero-order chi connectivity index (χ0) is 13.4. The van der Waals surface area contributed by atoms with Crippen molar-refractivity contribution in [2.45, 2.75) is 0 Å². The fraction of sp³-hybridized carbons (Fsp3) is 0. The molecule has 0 spiro atoms. The normalized spacial score (nSPS) is 11.0. The minimum atomic E-state index is 0.848. The molecule has 4 rings (SSSR count). The van der Waals surface area contributed by atoms with Crippen LogP contribution < -0.4 is 0 Å². The number of benzene rings is 2. The fourth-order valence-electron chi connectivity index (χ4n) is 2.29. The van der Waals surface area contributed by atoms with Crippen LogP contribution in [0.1, 0.15) is 0 Å². The molecule has 0 radical (unpaired) electrons. The molecule has 96 valence electrons. The predicted molar refractivity (Wildman–Crippen MR) is 76.9 cm³/mol. The summed E-state index contributed by atoms with van der Waals surface area (Å²) in [5, 5.41) is 10.5. The molecule has 2 aromatic heterocycles. The van der Waals surface area contributed by atoms with E-state index in [9.17, 15) is 0 Å². The first kappa shape index (κ1) is 10.9. The van der Waals surface area contributed by atoms with Crippen molar-refractivity contribution in [3.05, 3.63) is 55.0 Å². The first-order valence-corrected chi connectivity index (χ1v) is 6.30. The highest BCUT2D eigenvalue weighted by Crippen LogP contribution is 2.25. The SMILES string of the molecule is c1nc2ccc(-c3ccc(-c4cn[nH]n4)cc3)cc2[nH]1. The standard InChI is InChI=1S/C15H11N5/c1-3-11(15-8-18-20-19-15)4-2-10(1)12-5-6-13-14(7-12)17-9-16-13/h1-9H,(H,16,17)(H,18,19,20). The van der Waals surface area contributed by atoms with E-state index in [0.717, 1.165) is 33.4 Å². The number of H-pyrrole nitrogens is 2. The molecule has 0 fully saturated rings. The highest BCUT2D eigenvalue weighted by atomic mass is 15.3. The Morgan fingerprint density at radius 2 is 1.65 bits per heavy atom. The number of hydrogen-bond donors (Lipinski definition) is 2. The Balaban J connectivity index is 1.74. The molecule has 5 heteroatoms. The Morgan fingerprint density at radius 1 is 0.850 bits per heavy atom. The molecule has 2 heterocycles. The monoisotopic (exact) mass is 261 g/mol. The van der Waals surface area contributed by atoms with Gasteiger partial charge in [0.25, 0.3) is 0 Å². The molecule has 4 aromatic rings. The first-order chi connectivity index (χ1) is 9.90. The van der Waals surface area contributed by atoms with Crippen LogP contribution in [0.15, 0.2) is 55.0 Å². The van der Waals surface area contributed by atoms with Gasteiger partial charge >= 0.3 is 0 Å². The van der Waals surface area contributed by atoms with E-state index >= 15 is 0 Å². The van der Waals surface area contributed by atoms with Gasteiger partial charge in [0, 0.05) is 5.56 Å². The second-order valence-electron chi connectivity index (χ2n) is 4.57. The molecule has 0 aliphatic rings. The van der Waals surface area contributed by atoms with Crippen LogP contribution in [-0.4, -0.2) is 25.4 Å². The van der Waals surface area contributed by atoms with Gasteiger partial charge in [0.1, 0.15) is 5.69 Å². The third-order valence-electron chi connectivity index (χ3n) is 3.35. The van der Waals surface area contributed by atoms with E-state index in [4.69, 9.17) is 0 Å². The van der Waals surface area contributed by atoms with E-state index in [1.165, 1.54) is 0 Å². The maximum absolute atomic E-state index is 4.23. The van der Waals surface area contributed by atoms with Crippen LogP contribution in [0.2, 0.25) is 0 Å². The van der Waals surface area contributed by atoms with Gasteiger partial charge in [-0.3, -0.25) is 0 Å². The number of aromatic nitrogens is 5. The molecule has 20 heavy (non-hydrogen) atoms. The molecule has 0 unspecified atom stereocenters. The van der Waals surface area contributed by atoms with Crippen LogP contribution in [0.25, 0.3) is 33.4 Å². The Hall–Kier alpha value is -2.95. The summed E-state index contributed by atoms with van der Waals surface area (Å²) in [6.07, 6.45) is 3.42. The summed E-state index contributed by atoms with van der Waals surface area (Å²) < 4.78 is 0. The third-order valence-corrected chi connectivity index (χ3v) is 3.35. The summed E-state index contributed by atoms with van der Waals surface area (Å²) in [4.78, 5) is 7.36. The molecule has 2 N–H and O–H groups in total. The topological polar surface area (TPSA) is 70.2 Å². The van der Waals surface area contributed by atoms with Crippen LogP contribution in [0.5, 0.6) is 0 Å². The zero-order valence-corrected chi connectivity index (χ0v) is 10.5. The average molecular weight is 261 g/mol. The Kier molecular flexibility index (Phi) is 2.35. The van der Waals surface area contributed by atoms with Gasteiger partial charge in [-0.25, -0.2) is 4.98 Å². The number of imidazole rings is 1. The lowest BCUT2D eigenvalue weighted by Crippen LogP contribution is -1.81. The number of nitrogens with zero attached hydrogens (tertiary/aromatic N) is 3. The van der Waals surface area contributed by atoms with E-state index in [0.29, 0.717) is 0 Å². The Labute approximate surface area is 114 Å². The lowest BCUT2D eigenvalue weighted by Gasteiger charge is -2.03. The van der Waals surface area contributed by atoms with Crippen LogP contribution >= 0.6 is 0 Å². The predicted octanol–water partition coefficient (Wildman–Crippen LogP) is 3.01. The second kappa shape index (κ2) is 4.31. The lowest BCUT2D eigenvalue weighted by atomic mass is 10.0. The van der Waals surface area contributed by atoms with Crippen molar-refractivity contribution in [3.8, 4) is 22.4 Å². The molecule has 0 aliphatic carbocycles. The van der Waals surface area contributed by atoms with Crippen molar-refractivity contribution in [1.82, 2.24) is 25.4 Å². The lowest BCUT2D eigenvalue weighted by molar-refractivity contribution is 0.942. The van der Waals surface area contributed by atoms with E-state index in [1.807, 2.05) is 18.2 Å². The molecular weight excluding hydrogens is 250 g/mol. The number of rotatable bonds is 2. The maximum atomic E-state index is 4.23. The highest BCUT2D eigenvalue weighted by molar-refractivity contribution is 5.81. The zero-order valence-electron chi connectivity index (χ0n) is 10.5. The van der Waals surface area contributed by atoms with Gasteiger partial charge in [0.2, 0.25) is 0 Å². The van der Waals surface area contributed by atoms with Crippen LogP contribution in [0.3, 0.4) is 0 Å². The second-order valence-corrected chi connectivity index (χ2v) is 4.57. The molecule has 0 saturated heterocycles. The number of fused-ring (bicyclic) bond motifs is 1. The summed E-state index contributed by atoms with van der Waals surface area (Å²) in [6, 6.07) is 14.5. The smallest absolute Gasteiger partial charge is 0.112 e. The summed E-state index contributed by atoms with van der Waals surface area (Å²) in [5.74, 6) is 0. The quantitative estimate of drug-likeness (QED) is 0.582. The molecule has 0 saturated carbocycles. The van der Waals surface area contributed by atoms with Crippen LogP contribution in [0.4, 0.5) is 0 Å². The molecule has 0 atom stereocenters. The van der Waals surface area contributed by atoms with Crippen molar-refractivity contribution >= 4 is 11.0 Å². The number of hydrogen-bond acceptors (Lipinski definition) is 3. The Bertz CT molecular complexity index is 844. The van der Waals surface area contributed by atoms with E-state index in [-0.39, 0.29) is 0 Å². The van der Waals surface area contributed by atoms with Gasteiger partial charge in [-0.1, -0.05) is 30.3 Å². The number of nitrogens with one attached hydrogen (secondary N) is 2. The van der Waals surface area contributed by atoms with Gasteiger partial charge in [0.05, 0.1) is 23.6 Å². The molecule has 0 aliphatic heterocycles. The van der Waals surface area contributed by atoms with Gasteiger partial charge in [0.15, 0.2) is 0 Å². The molecule has 2 aromatic carbocycles. The highest BCUT2D eigenvalue weighted by Gasteiger charge is 2.03. The minimum absolute atomic E-state index is 0.848. The largest absolute Gasteiger partial charge is 0.345 e. The number of aromatic amines is 2. The molecular formula is C15H11N5. The Morgan fingerprint density at radius 3 is 2.45 bits per heavy atom.